The van der Waals surface area contributed by atoms with Crippen LogP contribution in [0.3, 0.4) is 0 Å². The highest BCUT2D eigenvalue weighted by molar-refractivity contribution is 14.1. The van der Waals surface area contributed by atoms with Crippen LogP contribution in [0.5, 0.6) is 0 Å². The summed E-state index contributed by atoms with van der Waals surface area (Å²) in [5.41, 5.74) is 1.31. The van der Waals surface area contributed by atoms with E-state index in [0.717, 1.165) is 11.8 Å². The molecule has 2 aromatic heterocycles. The average Bonchev–Trinajstić information content (AvgIpc) is 2.60. The Morgan fingerprint density at radius 3 is 3.08 bits per heavy atom. The zero-order valence-corrected chi connectivity index (χ0v) is 8.59. The van der Waals surface area contributed by atoms with E-state index in [-0.39, 0.29) is 0 Å². The lowest BCUT2D eigenvalue weighted by Crippen LogP contribution is -1.99. The molecule has 66 valence electrons. The summed E-state index contributed by atoms with van der Waals surface area (Å²) in [6.45, 7) is 0. The Morgan fingerprint density at radius 1 is 1.54 bits per heavy atom. The topological polar surface area (TPSA) is 59.3 Å². The van der Waals surface area contributed by atoms with Crippen LogP contribution in [0.2, 0.25) is 0 Å². The summed E-state index contributed by atoms with van der Waals surface area (Å²) in [4.78, 5) is 14.6. The summed E-state index contributed by atoms with van der Waals surface area (Å²) >= 11 is 1.98. The van der Waals surface area contributed by atoms with Gasteiger partial charge in [0.25, 0.3) is 0 Å². The van der Waals surface area contributed by atoms with Crippen LogP contribution in [-0.4, -0.2) is 20.9 Å². The van der Waals surface area contributed by atoms with Crippen LogP contribution in [0.1, 0.15) is 10.5 Å². The third-order valence-electron chi connectivity index (χ3n) is 1.69. The first-order valence-corrected chi connectivity index (χ1v) is 4.59. The van der Waals surface area contributed by atoms with Crippen LogP contribution in [0.25, 0.3) is 5.52 Å². The fraction of sp³-hybridized carbons (Fsp3) is 0. The molecule has 0 aliphatic rings. The molecule has 13 heavy (non-hydrogen) atoms. The van der Waals surface area contributed by atoms with E-state index in [1.165, 1.54) is 6.33 Å². The maximum absolute atomic E-state index is 10.6. The van der Waals surface area contributed by atoms with E-state index in [0.29, 0.717) is 11.5 Å². The molecule has 2 heterocycles. The van der Waals surface area contributed by atoms with Gasteiger partial charge in [0.2, 0.25) is 0 Å². The van der Waals surface area contributed by atoms with Gasteiger partial charge in [0, 0.05) is 0 Å². The zero-order valence-electron chi connectivity index (χ0n) is 6.44. The number of carbonyl (C=O) groups excluding carboxylic acids is 1. The number of nitrogens with zero attached hydrogens (tertiary/aromatic N) is 3. The highest BCUT2D eigenvalue weighted by Gasteiger charge is 2.05. The summed E-state index contributed by atoms with van der Waals surface area (Å²) in [5, 5.41) is 3.95. The van der Waals surface area contributed by atoms with Crippen molar-refractivity contribution in [1.29, 1.82) is 0 Å². The number of halogens is 1. The molecule has 0 saturated carbocycles. The third-order valence-corrected chi connectivity index (χ3v) is 2.20. The Morgan fingerprint density at radius 2 is 2.38 bits per heavy atom. The van der Waals surface area contributed by atoms with Crippen molar-refractivity contribution in [3.63, 3.8) is 0 Å². The number of aromatic nitrogens is 3. The van der Waals surface area contributed by atoms with Crippen LogP contribution in [0, 0.1) is 0 Å². The second kappa shape index (κ2) is 3.29. The van der Waals surface area contributed by atoms with E-state index in [1.807, 2.05) is 22.9 Å². The molecule has 0 atom stereocenters. The molecule has 0 saturated heterocycles. The minimum atomic E-state index is 0.519. The van der Waals surface area contributed by atoms with Gasteiger partial charge in [0.15, 0.2) is 12.1 Å². The van der Waals surface area contributed by atoms with Gasteiger partial charge in [-0.1, -0.05) is 0 Å². The van der Waals surface area contributed by atoms with Gasteiger partial charge >= 0.3 is 0 Å². The monoisotopic (exact) mass is 288 g/mol. The fourth-order valence-electron chi connectivity index (χ4n) is 1.12. The minimum Gasteiger partial charge on any atom is -0.311 e. The van der Waals surface area contributed by atoms with Gasteiger partial charge in [-0.3, -0.25) is 4.79 Å². The molecule has 0 amide bonds. The lowest BCUT2D eigenvalue weighted by Gasteiger charge is -1.99. The Labute approximate surface area is 87.7 Å². The number of hydrogen-bond acceptors (Lipinski definition) is 4. The number of hydrogen-bond donors (Lipinski definition) is 1. The standard InChI is InChI=1S/C7H5IN4O/c8-11-7-6-2-1-5(3-13)12(6)10-4-9-7/h1-4H,(H,9,10,11). The van der Waals surface area contributed by atoms with Crippen LogP contribution >= 0.6 is 22.9 Å². The first-order chi connectivity index (χ1) is 6.36. The average molecular weight is 288 g/mol. The lowest BCUT2D eigenvalue weighted by atomic mass is 10.5. The molecule has 0 radical (unpaired) electrons. The van der Waals surface area contributed by atoms with Crippen molar-refractivity contribution in [3.8, 4) is 0 Å². The molecule has 1 N–H and O–H groups in total. The molecule has 0 spiro atoms. The summed E-state index contributed by atoms with van der Waals surface area (Å²) in [7, 11) is 0. The van der Waals surface area contributed by atoms with Crippen molar-refractivity contribution in [1.82, 2.24) is 14.6 Å². The number of carbonyl (C=O) groups is 1. The Balaban J connectivity index is 2.79. The quantitative estimate of drug-likeness (QED) is 0.514. The number of aldehydes is 1. The first-order valence-electron chi connectivity index (χ1n) is 3.51. The number of nitrogens with one attached hydrogen (secondary N) is 1. The van der Waals surface area contributed by atoms with Gasteiger partial charge in [-0.05, 0) is 12.1 Å². The molecule has 0 aliphatic heterocycles. The molecule has 2 aromatic rings. The molecule has 0 aromatic carbocycles. The van der Waals surface area contributed by atoms with Gasteiger partial charge in [-0.15, -0.1) is 0 Å². The highest BCUT2D eigenvalue weighted by atomic mass is 127. The second-order valence-electron chi connectivity index (χ2n) is 2.38. The molecule has 5 nitrogen and oxygen atoms in total. The predicted octanol–water partition coefficient (Wildman–Crippen LogP) is 1.30. The first kappa shape index (κ1) is 8.42. The van der Waals surface area contributed by atoms with Crippen LogP contribution in [0.4, 0.5) is 5.82 Å². The van der Waals surface area contributed by atoms with Crippen molar-refractivity contribution in [2.75, 3.05) is 3.53 Å². The molecule has 2 rings (SSSR count). The van der Waals surface area contributed by atoms with E-state index < -0.39 is 0 Å². The van der Waals surface area contributed by atoms with Crippen molar-refractivity contribution >= 4 is 40.5 Å². The van der Waals surface area contributed by atoms with Gasteiger partial charge < -0.3 is 3.53 Å². The summed E-state index contributed by atoms with van der Waals surface area (Å²) in [6, 6.07) is 3.50. The van der Waals surface area contributed by atoms with Gasteiger partial charge in [-0.25, -0.2) is 9.50 Å². The van der Waals surface area contributed by atoms with Crippen LogP contribution < -0.4 is 3.53 Å². The third kappa shape index (κ3) is 1.26. The normalized spacial score (nSPS) is 10.2. The SMILES string of the molecule is O=Cc1ccc2c(NI)ncnn12. The maximum Gasteiger partial charge on any atom is 0.168 e. The fourth-order valence-corrected chi connectivity index (χ4v) is 1.53. The van der Waals surface area contributed by atoms with Gasteiger partial charge in [-0.2, -0.15) is 5.10 Å². The van der Waals surface area contributed by atoms with Gasteiger partial charge in [0.05, 0.1) is 22.9 Å². The number of anilines is 1. The van der Waals surface area contributed by atoms with E-state index >= 15 is 0 Å². The highest BCUT2D eigenvalue weighted by Crippen LogP contribution is 2.15. The van der Waals surface area contributed by atoms with Crippen LogP contribution in [-0.2, 0) is 0 Å². The molecule has 0 bridgehead atoms. The largest absolute Gasteiger partial charge is 0.311 e. The zero-order chi connectivity index (χ0) is 9.26. The van der Waals surface area contributed by atoms with E-state index in [1.54, 1.807) is 16.6 Å². The van der Waals surface area contributed by atoms with Gasteiger partial charge in [0.1, 0.15) is 17.5 Å². The van der Waals surface area contributed by atoms with Crippen molar-refractivity contribution < 1.29 is 4.79 Å². The van der Waals surface area contributed by atoms with E-state index in [2.05, 4.69) is 13.6 Å². The molecular weight excluding hydrogens is 283 g/mol. The molecule has 0 fully saturated rings. The molecule has 6 heteroatoms. The molecular formula is C7H5IN4O. The van der Waals surface area contributed by atoms with Crippen LogP contribution in [0.15, 0.2) is 18.5 Å². The Kier molecular flexibility index (Phi) is 2.13. The summed E-state index contributed by atoms with van der Waals surface area (Å²) in [5.74, 6) is 0.698. The number of rotatable bonds is 2. The summed E-state index contributed by atoms with van der Waals surface area (Å²) in [6.07, 6.45) is 2.16. The summed E-state index contributed by atoms with van der Waals surface area (Å²) < 4.78 is 4.43. The Bertz CT molecular complexity index is 453. The van der Waals surface area contributed by atoms with E-state index in [4.69, 9.17) is 0 Å². The minimum absolute atomic E-state index is 0.519. The molecule has 0 unspecified atom stereocenters. The lowest BCUT2D eigenvalue weighted by molar-refractivity contribution is 0.111. The Hall–Kier alpha value is -1.18. The smallest absolute Gasteiger partial charge is 0.168 e. The molecule has 0 aliphatic carbocycles. The second-order valence-corrected chi connectivity index (χ2v) is 2.92. The van der Waals surface area contributed by atoms with Crippen molar-refractivity contribution in [3.05, 3.63) is 24.2 Å². The van der Waals surface area contributed by atoms with Crippen molar-refractivity contribution in [2.45, 2.75) is 0 Å². The van der Waals surface area contributed by atoms with Crippen molar-refractivity contribution in [2.24, 2.45) is 0 Å². The predicted molar refractivity (Wildman–Crippen MR) is 56.0 cm³/mol. The van der Waals surface area contributed by atoms with E-state index in [9.17, 15) is 4.79 Å². The maximum atomic E-state index is 10.6. The number of fused-ring (bicyclic) bond motifs is 1.